The highest BCUT2D eigenvalue weighted by atomic mass is 32.1. The summed E-state index contributed by atoms with van der Waals surface area (Å²) >= 11 is 1.20. The average molecular weight is 293 g/mol. The van der Waals surface area contributed by atoms with E-state index in [-0.39, 0.29) is 0 Å². The second-order valence-electron chi connectivity index (χ2n) is 5.17. The number of thiophene rings is 1. The molecule has 2 heterocycles. The summed E-state index contributed by atoms with van der Waals surface area (Å²) in [5, 5.41) is 13.5. The molecular formula is C14H19N3O2S. The molecule has 0 aliphatic rings. The molecular weight excluding hydrogens is 274 g/mol. The fraction of sp³-hybridized carbons (Fsp3) is 0.500. The molecule has 0 radical (unpaired) electrons. The fourth-order valence-electron chi connectivity index (χ4n) is 2.30. The maximum Gasteiger partial charge on any atom is 0.346 e. The molecule has 6 heteroatoms. The lowest BCUT2D eigenvalue weighted by Crippen LogP contribution is -2.25. The Labute approximate surface area is 122 Å². The standard InChI is InChI=1S/C14H19N3O2S/c1-5-9(7(2)3)17-12-10-8(4)11(14(18)19)20-13(10)16-6-15-12/h6-7,9H,5H2,1-4H3,(H,18,19)(H,15,16,17). The summed E-state index contributed by atoms with van der Waals surface area (Å²) in [5.41, 5.74) is 0.735. The molecule has 2 aromatic rings. The van der Waals surface area contributed by atoms with Gasteiger partial charge in [0.15, 0.2) is 0 Å². The van der Waals surface area contributed by atoms with Gasteiger partial charge < -0.3 is 10.4 Å². The Morgan fingerprint density at radius 2 is 2.15 bits per heavy atom. The van der Waals surface area contributed by atoms with Crippen LogP contribution in [0.4, 0.5) is 5.82 Å². The van der Waals surface area contributed by atoms with Crippen molar-refractivity contribution in [3.8, 4) is 0 Å². The van der Waals surface area contributed by atoms with Crippen LogP contribution in [0, 0.1) is 12.8 Å². The van der Waals surface area contributed by atoms with E-state index in [0.717, 1.165) is 28.0 Å². The van der Waals surface area contributed by atoms with Crippen molar-refractivity contribution in [2.75, 3.05) is 5.32 Å². The van der Waals surface area contributed by atoms with Crippen LogP contribution in [0.3, 0.4) is 0 Å². The lowest BCUT2D eigenvalue weighted by molar-refractivity contribution is 0.0701. The van der Waals surface area contributed by atoms with Crippen molar-refractivity contribution in [1.29, 1.82) is 0 Å². The van der Waals surface area contributed by atoms with Gasteiger partial charge in [-0.25, -0.2) is 14.8 Å². The van der Waals surface area contributed by atoms with Crippen molar-refractivity contribution in [3.05, 3.63) is 16.8 Å². The Morgan fingerprint density at radius 1 is 1.45 bits per heavy atom. The van der Waals surface area contributed by atoms with Gasteiger partial charge in [-0.2, -0.15) is 0 Å². The highest BCUT2D eigenvalue weighted by Crippen LogP contribution is 2.33. The molecule has 0 saturated carbocycles. The molecule has 0 fully saturated rings. The maximum absolute atomic E-state index is 11.2. The van der Waals surface area contributed by atoms with Crippen molar-refractivity contribution in [2.24, 2.45) is 5.92 Å². The van der Waals surface area contributed by atoms with Crippen molar-refractivity contribution in [3.63, 3.8) is 0 Å². The number of aromatic nitrogens is 2. The van der Waals surface area contributed by atoms with Crippen LogP contribution in [-0.2, 0) is 0 Å². The minimum atomic E-state index is -0.910. The zero-order valence-electron chi connectivity index (χ0n) is 12.1. The SMILES string of the molecule is CCC(Nc1ncnc2sc(C(=O)O)c(C)c12)C(C)C. The fourth-order valence-corrected chi connectivity index (χ4v) is 3.29. The van der Waals surface area contributed by atoms with Gasteiger partial charge in [-0.15, -0.1) is 11.3 Å². The highest BCUT2D eigenvalue weighted by Gasteiger charge is 2.20. The highest BCUT2D eigenvalue weighted by molar-refractivity contribution is 7.20. The van der Waals surface area contributed by atoms with E-state index >= 15 is 0 Å². The number of nitrogens with zero attached hydrogens (tertiary/aromatic N) is 2. The summed E-state index contributed by atoms with van der Waals surface area (Å²) in [6.45, 7) is 8.25. The first-order valence-electron chi connectivity index (χ1n) is 6.69. The molecule has 0 aromatic carbocycles. The topological polar surface area (TPSA) is 75.1 Å². The first-order chi connectivity index (χ1) is 9.45. The van der Waals surface area contributed by atoms with Crippen LogP contribution >= 0.6 is 11.3 Å². The van der Waals surface area contributed by atoms with Gasteiger partial charge in [-0.05, 0) is 24.8 Å². The molecule has 0 spiro atoms. The summed E-state index contributed by atoms with van der Waals surface area (Å²) in [4.78, 5) is 20.8. The van der Waals surface area contributed by atoms with E-state index in [9.17, 15) is 9.90 Å². The molecule has 5 nitrogen and oxygen atoms in total. The number of fused-ring (bicyclic) bond motifs is 1. The molecule has 2 rings (SSSR count). The van der Waals surface area contributed by atoms with Crippen LogP contribution in [0.2, 0.25) is 0 Å². The lowest BCUT2D eigenvalue weighted by Gasteiger charge is -2.21. The monoisotopic (exact) mass is 293 g/mol. The van der Waals surface area contributed by atoms with Gasteiger partial charge in [-0.3, -0.25) is 0 Å². The maximum atomic E-state index is 11.2. The number of carboxylic acid groups (broad SMARTS) is 1. The third-order valence-corrected chi connectivity index (χ3v) is 4.68. The minimum Gasteiger partial charge on any atom is -0.477 e. The van der Waals surface area contributed by atoms with Crippen LogP contribution in [0.25, 0.3) is 10.2 Å². The zero-order valence-corrected chi connectivity index (χ0v) is 12.9. The summed E-state index contributed by atoms with van der Waals surface area (Å²) < 4.78 is 0. The Hall–Kier alpha value is -1.69. The number of carbonyl (C=O) groups is 1. The van der Waals surface area contributed by atoms with Gasteiger partial charge in [0.25, 0.3) is 0 Å². The summed E-state index contributed by atoms with van der Waals surface area (Å²) in [5.74, 6) is 0.298. The number of hydrogen-bond acceptors (Lipinski definition) is 5. The van der Waals surface area contributed by atoms with Crippen molar-refractivity contribution in [2.45, 2.75) is 40.2 Å². The van der Waals surface area contributed by atoms with Gasteiger partial charge in [0.05, 0.1) is 5.39 Å². The predicted molar refractivity (Wildman–Crippen MR) is 81.7 cm³/mol. The minimum absolute atomic E-state index is 0.306. The smallest absolute Gasteiger partial charge is 0.346 e. The molecule has 2 aromatic heterocycles. The first kappa shape index (κ1) is 14.7. The Kier molecular flexibility index (Phi) is 4.23. The van der Waals surface area contributed by atoms with Crippen molar-refractivity contribution in [1.82, 2.24) is 9.97 Å². The molecule has 1 atom stereocenters. The third kappa shape index (κ3) is 2.60. The van der Waals surface area contributed by atoms with Gasteiger partial charge in [0.2, 0.25) is 0 Å². The molecule has 2 N–H and O–H groups in total. The van der Waals surface area contributed by atoms with Crippen LogP contribution in [0.1, 0.15) is 42.4 Å². The Morgan fingerprint density at radius 3 is 2.70 bits per heavy atom. The van der Waals surface area contributed by atoms with E-state index in [0.29, 0.717) is 16.8 Å². The number of hydrogen-bond donors (Lipinski definition) is 2. The Bertz CT molecular complexity index is 637. The molecule has 0 aliphatic heterocycles. The number of anilines is 1. The van der Waals surface area contributed by atoms with Gasteiger partial charge in [-0.1, -0.05) is 20.8 Å². The largest absolute Gasteiger partial charge is 0.477 e. The van der Waals surface area contributed by atoms with Gasteiger partial charge in [0, 0.05) is 6.04 Å². The van der Waals surface area contributed by atoms with E-state index in [2.05, 4.69) is 36.1 Å². The number of aromatic carboxylic acids is 1. The summed E-state index contributed by atoms with van der Waals surface area (Å²) in [6, 6.07) is 0.306. The summed E-state index contributed by atoms with van der Waals surface area (Å²) in [6.07, 6.45) is 2.47. The van der Waals surface area contributed by atoms with E-state index < -0.39 is 5.97 Å². The number of nitrogens with one attached hydrogen (secondary N) is 1. The number of aryl methyl sites for hydroxylation is 1. The first-order valence-corrected chi connectivity index (χ1v) is 7.51. The molecule has 0 aliphatic carbocycles. The van der Waals surface area contributed by atoms with Gasteiger partial charge in [0.1, 0.15) is 21.9 Å². The molecule has 20 heavy (non-hydrogen) atoms. The number of rotatable bonds is 5. The quantitative estimate of drug-likeness (QED) is 0.881. The normalized spacial score (nSPS) is 12.8. The van der Waals surface area contributed by atoms with Crippen molar-refractivity contribution >= 4 is 33.3 Å². The van der Waals surface area contributed by atoms with E-state index in [1.165, 1.54) is 17.7 Å². The third-order valence-electron chi connectivity index (χ3n) is 3.49. The molecule has 0 amide bonds. The van der Waals surface area contributed by atoms with Gasteiger partial charge >= 0.3 is 5.97 Å². The van der Waals surface area contributed by atoms with Crippen molar-refractivity contribution < 1.29 is 9.90 Å². The predicted octanol–water partition coefficient (Wildman–Crippen LogP) is 3.54. The number of carboxylic acids is 1. The van der Waals surface area contributed by atoms with E-state index in [1.54, 1.807) is 0 Å². The lowest BCUT2D eigenvalue weighted by atomic mass is 10.0. The zero-order chi connectivity index (χ0) is 14.9. The van der Waals surface area contributed by atoms with Crippen LogP contribution < -0.4 is 5.32 Å². The molecule has 108 valence electrons. The molecule has 0 saturated heterocycles. The second kappa shape index (κ2) is 5.75. The molecule has 1 unspecified atom stereocenters. The molecule has 0 bridgehead atoms. The van der Waals surface area contributed by atoms with Crippen LogP contribution in [-0.4, -0.2) is 27.1 Å². The van der Waals surface area contributed by atoms with E-state index in [4.69, 9.17) is 0 Å². The van der Waals surface area contributed by atoms with Crippen LogP contribution in [0.5, 0.6) is 0 Å². The second-order valence-corrected chi connectivity index (χ2v) is 6.17. The summed E-state index contributed by atoms with van der Waals surface area (Å²) in [7, 11) is 0. The van der Waals surface area contributed by atoms with Crippen LogP contribution in [0.15, 0.2) is 6.33 Å². The van der Waals surface area contributed by atoms with E-state index in [1.807, 2.05) is 6.92 Å². The average Bonchev–Trinajstić information content (AvgIpc) is 2.74. The Balaban J connectivity index is 2.51.